The average molecular weight is 360 g/mol. The van der Waals surface area contributed by atoms with Gasteiger partial charge in [0.05, 0.1) is 0 Å². The van der Waals surface area contributed by atoms with E-state index in [2.05, 4.69) is 47.6 Å². The van der Waals surface area contributed by atoms with E-state index in [1.807, 2.05) is 12.1 Å². The number of aromatic nitrogens is 1. The molecule has 27 heavy (non-hydrogen) atoms. The maximum absolute atomic E-state index is 13.7. The molecule has 1 aliphatic carbocycles. The molecule has 3 heteroatoms. The quantitative estimate of drug-likeness (QED) is 0.627. The molecular formula is C24H25FN2. The van der Waals surface area contributed by atoms with Crippen LogP contribution in [-0.2, 0) is 6.42 Å². The molecule has 3 aromatic rings. The fourth-order valence-corrected chi connectivity index (χ4v) is 5.07. The third-order valence-corrected chi connectivity index (χ3v) is 6.39. The molecule has 0 amide bonds. The first-order valence-electron chi connectivity index (χ1n) is 9.97. The van der Waals surface area contributed by atoms with Gasteiger partial charge >= 0.3 is 0 Å². The second kappa shape index (κ2) is 6.65. The van der Waals surface area contributed by atoms with E-state index in [0.717, 1.165) is 24.9 Å². The number of aromatic amines is 1. The summed E-state index contributed by atoms with van der Waals surface area (Å²) in [6.45, 7) is 3.20. The SMILES string of the molecule is CC1CC(C2CC(c3cccc(F)c3)=CCN2)Cc2c1[nH]c1ccccc21. The second-order valence-corrected chi connectivity index (χ2v) is 8.12. The summed E-state index contributed by atoms with van der Waals surface area (Å²) in [5, 5.41) is 5.09. The minimum absolute atomic E-state index is 0.154. The van der Waals surface area contributed by atoms with Crippen molar-refractivity contribution in [3.63, 3.8) is 0 Å². The van der Waals surface area contributed by atoms with E-state index in [0.29, 0.717) is 17.9 Å². The van der Waals surface area contributed by atoms with Crippen molar-refractivity contribution in [1.82, 2.24) is 10.3 Å². The first-order chi connectivity index (χ1) is 13.2. The van der Waals surface area contributed by atoms with Gasteiger partial charge in [0.25, 0.3) is 0 Å². The van der Waals surface area contributed by atoms with Gasteiger partial charge in [-0.25, -0.2) is 4.39 Å². The van der Waals surface area contributed by atoms with Crippen LogP contribution in [0.2, 0.25) is 0 Å². The Hall–Kier alpha value is -2.39. The molecule has 2 heterocycles. The number of para-hydroxylation sites is 1. The fourth-order valence-electron chi connectivity index (χ4n) is 5.07. The summed E-state index contributed by atoms with van der Waals surface area (Å²) in [4.78, 5) is 3.66. The third kappa shape index (κ3) is 3.00. The molecule has 0 saturated carbocycles. The van der Waals surface area contributed by atoms with E-state index < -0.39 is 0 Å². The van der Waals surface area contributed by atoms with Crippen LogP contribution in [0.15, 0.2) is 54.6 Å². The van der Waals surface area contributed by atoms with Crippen LogP contribution in [0.1, 0.15) is 42.5 Å². The Balaban J connectivity index is 1.42. The molecule has 0 spiro atoms. The molecule has 2 aromatic carbocycles. The summed E-state index contributed by atoms with van der Waals surface area (Å²) < 4.78 is 13.7. The van der Waals surface area contributed by atoms with Crippen molar-refractivity contribution >= 4 is 16.5 Å². The van der Waals surface area contributed by atoms with Gasteiger partial charge in [0, 0.05) is 29.2 Å². The van der Waals surface area contributed by atoms with Crippen LogP contribution in [-0.4, -0.2) is 17.6 Å². The van der Waals surface area contributed by atoms with Gasteiger partial charge in [0.2, 0.25) is 0 Å². The molecule has 0 bridgehead atoms. The molecular weight excluding hydrogens is 335 g/mol. The molecule has 3 unspecified atom stereocenters. The summed E-state index contributed by atoms with van der Waals surface area (Å²) >= 11 is 0. The van der Waals surface area contributed by atoms with Crippen molar-refractivity contribution in [2.24, 2.45) is 5.92 Å². The van der Waals surface area contributed by atoms with Gasteiger partial charge in [-0.2, -0.15) is 0 Å². The Labute approximate surface area is 159 Å². The standard InChI is InChI=1S/C24H25FN2/c1-15-11-18(13-21-20-7-2-3-8-22(20)27-24(15)21)23-14-17(9-10-26-23)16-5-4-6-19(25)12-16/h2-9,12,15,18,23,26-27H,10-11,13-14H2,1H3. The summed E-state index contributed by atoms with van der Waals surface area (Å²) in [5.74, 6) is 0.985. The molecule has 5 rings (SSSR count). The van der Waals surface area contributed by atoms with Gasteiger partial charge in [0.15, 0.2) is 0 Å². The molecule has 1 aliphatic heterocycles. The van der Waals surface area contributed by atoms with Gasteiger partial charge in [-0.1, -0.05) is 43.3 Å². The van der Waals surface area contributed by atoms with E-state index in [9.17, 15) is 4.39 Å². The highest BCUT2D eigenvalue weighted by molar-refractivity contribution is 5.85. The van der Waals surface area contributed by atoms with Crippen molar-refractivity contribution in [3.8, 4) is 0 Å². The summed E-state index contributed by atoms with van der Waals surface area (Å²) in [6.07, 6.45) is 5.49. The number of hydrogen-bond acceptors (Lipinski definition) is 1. The number of fused-ring (bicyclic) bond motifs is 3. The smallest absolute Gasteiger partial charge is 0.123 e. The van der Waals surface area contributed by atoms with E-state index in [-0.39, 0.29) is 5.82 Å². The minimum Gasteiger partial charge on any atom is -0.358 e. The highest BCUT2D eigenvalue weighted by Crippen LogP contribution is 2.41. The number of nitrogens with one attached hydrogen (secondary N) is 2. The van der Waals surface area contributed by atoms with Crippen LogP contribution in [0.4, 0.5) is 4.39 Å². The maximum Gasteiger partial charge on any atom is 0.123 e. The van der Waals surface area contributed by atoms with Gasteiger partial charge in [-0.3, -0.25) is 0 Å². The Kier molecular flexibility index (Phi) is 4.13. The topological polar surface area (TPSA) is 27.8 Å². The lowest BCUT2D eigenvalue weighted by molar-refractivity contribution is 0.306. The van der Waals surface area contributed by atoms with Crippen molar-refractivity contribution in [1.29, 1.82) is 0 Å². The Morgan fingerprint density at radius 2 is 1.93 bits per heavy atom. The predicted molar refractivity (Wildman–Crippen MR) is 109 cm³/mol. The molecule has 2 N–H and O–H groups in total. The molecule has 3 atom stereocenters. The molecule has 2 aliphatic rings. The van der Waals surface area contributed by atoms with Crippen LogP contribution in [0, 0.1) is 11.7 Å². The highest BCUT2D eigenvalue weighted by Gasteiger charge is 2.33. The number of halogens is 1. The summed E-state index contributed by atoms with van der Waals surface area (Å²) in [6, 6.07) is 16.1. The average Bonchev–Trinajstić information content (AvgIpc) is 3.08. The predicted octanol–water partition coefficient (Wildman–Crippen LogP) is 5.42. The Bertz CT molecular complexity index is 1020. The van der Waals surface area contributed by atoms with Crippen LogP contribution >= 0.6 is 0 Å². The van der Waals surface area contributed by atoms with Crippen LogP contribution in [0.5, 0.6) is 0 Å². The molecule has 0 radical (unpaired) electrons. The first-order valence-corrected chi connectivity index (χ1v) is 9.97. The van der Waals surface area contributed by atoms with Crippen LogP contribution < -0.4 is 5.32 Å². The summed E-state index contributed by atoms with van der Waals surface area (Å²) in [5.41, 5.74) is 6.47. The number of H-pyrrole nitrogens is 1. The summed E-state index contributed by atoms with van der Waals surface area (Å²) in [7, 11) is 0. The lowest BCUT2D eigenvalue weighted by Crippen LogP contribution is -2.41. The fraction of sp³-hybridized carbons (Fsp3) is 0.333. The van der Waals surface area contributed by atoms with Crippen molar-refractivity contribution in [2.75, 3.05) is 6.54 Å². The first kappa shape index (κ1) is 16.8. The van der Waals surface area contributed by atoms with Crippen LogP contribution in [0.3, 0.4) is 0 Å². The van der Waals surface area contributed by atoms with Gasteiger partial charge in [-0.15, -0.1) is 0 Å². The van der Waals surface area contributed by atoms with E-state index in [4.69, 9.17) is 0 Å². The zero-order valence-corrected chi connectivity index (χ0v) is 15.6. The second-order valence-electron chi connectivity index (χ2n) is 8.12. The normalized spacial score (nSPS) is 25.3. The van der Waals surface area contributed by atoms with Gasteiger partial charge in [-0.05, 0) is 66.0 Å². The number of hydrogen-bond donors (Lipinski definition) is 2. The van der Waals surface area contributed by atoms with Gasteiger partial charge in [0.1, 0.15) is 5.82 Å². The minimum atomic E-state index is -0.154. The zero-order chi connectivity index (χ0) is 18.4. The Morgan fingerprint density at radius 3 is 2.81 bits per heavy atom. The van der Waals surface area contributed by atoms with Crippen molar-refractivity contribution in [2.45, 2.75) is 38.1 Å². The number of benzene rings is 2. The molecule has 138 valence electrons. The van der Waals surface area contributed by atoms with E-state index in [1.54, 1.807) is 6.07 Å². The Morgan fingerprint density at radius 1 is 1.04 bits per heavy atom. The molecule has 0 saturated heterocycles. The van der Waals surface area contributed by atoms with Crippen molar-refractivity contribution in [3.05, 3.63) is 77.2 Å². The van der Waals surface area contributed by atoms with Crippen molar-refractivity contribution < 1.29 is 4.39 Å². The molecule has 2 nitrogen and oxygen atoms in total. The number of rotatable bonds is 2. The zero-order valence-electron chi connectivity index (χ0n) is 15.6. The maximum atomic E-state index is 13.7. The third-order valence-electron chi connectivity index (χ3n) is 6.39. The lowest BCUT2D eigenvalue weighted by atomic mass is 9.74. The lowest BCUT2D eigenvalue weighted by Gasteiger charge is -2.36. The monoisotopic (exact) mass is 360 g/mol. The molecule has 0 fully saturated rings. The van der Waals surface area contributed by atoms with Gasteiger partial charge < -0.3 is 10.3 Å². The van der Waals surface area contributed by atoms with E-state index in [1.165, 1.54) is 40.2 Å². The highest BCUT2D eigenvalue weighted by atomic mass is 19.1. The van der Waals surface area contributed by atoms with E-state index >= 15 is 0 Å². The van der Waals surface area contributed by atoms with Crippen LogP contribution in [0.25, 0.3) is 16.5 Å². The largest absolute Gasteiger partial charge is 0.358 e. The molecule has 1 aromatic heterocycles.